The Morgan fingerprint density at radius 2 is 2.05 bits per heavy atom. The summed E-state index contributed by atoms with van der Waals surface area (Å²) in [5.74, 6) is 0.0407. The molecule has 1 heterocycles. The first-order valence-corrected chi connectivity index (χ1v) is 6.72. The number of carbonyl (C=O) groups excluding carboxylic acids is 1. The fourth-order valence-electron chi connectivity index (χ4n) is 1.80. The average molecular weight is 309 g/mol. The zero-order chi connectivity index (χ0) is 14.4. The topological polar surface area (TPSA) is 58.9 Å². The third kappa shape index (κ3) is 5.21. The van der Waals surface area contributed by atoms with Crippen molar-refractivity contribution >= 4 is 18.3 Å². The summed E-state index contributed by atoms with van der Waals surface area (Å²) in [5, 5.41) is 10.2. The van der Waals surface area contributed by atoms with Crippen molar-refractivity contribution in [1.29, 1.82) is 0 Å². The average Bonchev–Trinajstić information content (AvgIpc) is 2.99. The number of halogens is 1. The quantitative estimate of drug-likeness (QED) is 0.851. The monoisotopic (exact) mass is 308 g/mol. The van der Waals surface area contributed by atoms with Gasteiger partial charge in [0.25, 0.3) is 0 Å². The second-order valence-electron chi connectivity index (χ2n) is 4.79. The molecule has 1 aromatic heterocycles. The summed E-state index contributed by atoms with van der Waals surface area (Å²) >= 11 is 0. The first kappa shape index (κ1) is 17.2. The number of likely N-dealkylation sites (N-methyl/N-ethyl adjacent to an activating group) is 1. The van der Waals surface area contributed by atoms with Gasteiger partial charge in [-0.15, -0.1) is 12.4 Å². The molecule has 0 aliphatic rings. The Hall–Kier alpha value is -1.85. The summed E-state index contributed by atoms with van der Waals surface area (Å²) in [7, 11) is 1.88. The minimum absolute atomic E-state index is 0. The number of nitrogens with one attached hydrogen (secondary N) is 2. The highest BCUT2D eigenvalue weighted by Crippen LogP contribution is 2.09. The minimum Gasteiger partial charge on any atom is -0.354 e. The van der Waals surface area contributed by atoms with E-state index in [1.807, 2.05) is 50.5 Å². The van der Waals surface area contributed by atoms with Crippen LogP contribution in [0.3, 0.4) is 0 Å². The van der Waals surface area contributed by atoms with Crippen LogP contribution < -0.4 is 10.6 Å². The molecule has 6 heteroatoms. The molecule has 1 atom stereocenters. The molecule has 1 aromatic carbocycles. The zero-order valence-corrected chi connectivity index (χ0v) is 13.1. The van der Waals surface area contributed by atoms with Crippen molar-refractivity contribution in [2.45, 2.75) is 19.4 Å². The summed E-state index contributed by atoms with van der Waals surface area (Å²) in [6, 6.07) is 10.00. The minimum atomic E-state index is 0. The van der Waals surface area contributed by atoms with Crippen molar-refractivity contribution in [3.8, 4) is 5.69 Å². The van der Waals surface area contributed by atoms with Gasteiger partial charge in [0.05, 0.1) is 12.1 Å². The molecule has 0 saturated heterocycles. The van der Waals surface area contributed by atoms with Crippen LogP contribution in [0, 0.1) is 0 Å². The maximum atomic E-state index is 11.8. The maximum absolute atomic E-state index is 11.8. The molecule has 1 unspecified atom stereocenters. The van der Waals surface area contributed by atoms with Crippen LogP contribution in [0.15, 0.2) is 42.7 Å². The fraction of sp³-hybridized carbons (Fsp3) is 0.333. The van der Waals surface area contributed by atoms with Gasteiger partial charge in [-0.3, -0.25) is 4.79 Å². The number of nitrogens with zero attached hydrogens (tertiary/aromatic N) is 2. The predicted octanol–water partition coefficient (Wildman–Crippen LogP) is 1.56. The van der Waals surface area contributed by atoms with E-state index in [0.29, 0.717) is 13.0 Å². The molecule has 2 N–H and O–H groups in total. The second-order valence-corrected chi connectivity index (χ2v) is 4.79. The zero-order valence-electron chi connectivity index (χ0n) is 12.2. The van der Waals surface area contributed by atoms with Crippen LogP contribution in [-0.4, -0.2) is 35.3 Å². The lowest BCUT2D eigenvalue weighted by atomic mass is 10.1. The van der Waals surface area contributed by atoms with Crippen molar-refractivity contribution in [3.05, 3.63) is 48.3 Å². The summed E-state index contributed by atoms with van der Waals surface area (Å²) < 4.78 is 1.79. The number of hydrogen-bond acceptors (Lipinski definition) is 3. The Labute approximate surface area is 131 Å². The van der Waals surface area contributed by atoms with E-state index in [2.05, 4.69) is 15.7 Å². The SMILES string of the molecule is CNC(C)CNC(=O)Cc1ccc(-n2cccn2)cc1.Cl. The van der Waals surface area contributed by atoms with Gasteiger partial charge < -0.3 is 10.6 Å². The van der Waals surface area contributed by atoms with Gasteiger partial charge >= 0.3 is 0 Å². The molecule has 0 radical (unpaired) electrons. The van der Waals surface area contributed by atoms with Gasteiger partial charge in [-0.25, -0.2) is 4.68 Å². The molecule has 1 amide bonds. The highest BCUT2D eigenvalue weighted by Gasteiger charge is 2.05. The molecule has 0 bridgehead atoms. The normalized spacial score (nSPS) is 11.5. The molecule has 5 nitrogen and oxygen atoms in total. The van der Waals surface area contributed by atoms with Gasteiger partial charge in [-0.2, -0.15) is 5.10 Å². The van der Waals surface area contributed by atoms with Crippen molar-refractivity contribution < 1.29 is 4.79 Å². The third-order valence-corrected chi connectivity index (χ3v) is 3.17. The van der Waals surface area contributed by atoms with Gasteiger partial charge in [-0.05, 0) is 37.7 Å². The van der Waals surface area contributed by atoms with Gasteiger partial charge in [0.15, 0.2) is 0 Å². The second kappa shape index (κ2) is 8.44. The number of aromatic nitrogens is 2. The predicted molar refractivity (Wildman–Crippen MR) is 86.0 cm³/mol. The first-order chi connectivity index (χ1) is 9.69. The van der Waals surface area contributed by atoms with Crippen LogP contribution in [-0.2, 0) is 11.2 Å². The van der Waals surface area contributed by atoms with E-state index in [0.717, 1.165) is 11.3 Å². The number of amides is 1. The summed E-state index contributed by atoms with van der Waals surface area (Å²) in [5.41, 5.74) is 1.98. The number of hydrogen-bond donors (Lipinski definition) is 2. The van der Waals surface area contributed by atoms with Crippen molar-refractivity contribution in [3.63, 3.8) is 0 Å². The summed E-state index contributed by atoms with van der Waals surface area (Å²) in [6.45, 7) is 2.67. The lowest BCUT2D eigenvalue weighted by Gasteiger charge is -2.11. The highest BCUT2D eigenvalue weighted by atomic mass is 35.5. The van der Waals surface area contributed by atoms with Crippen molar-refractivity contribution in [1.82, 2.24) is 20.4 Å². The first-order valence-electron chi connectivity index (χ1n) is 6.72. The largest absolute Gasteiger partial charge is 0.354 e. The number of benzene rings is 1. The van der Waals surface area contributed by atoms with Crippen LogP contribution in [0.1, 0.15) is 12.5 Å². The van der Waals surface area contributed by atoms with E-state index >= 15 is 0 Å². The van der Waals surface area contributed by atoms with Crippen LogP contribution in [0.5, 0.6) is 0 Å². The van der Waals surface area contributed by atoms with Crippen LogP contribution >= 0.6 is 12.4 Å². The standard InChI is InChI=1S/C15H20N4O.ClH/c1-12(16-2)11-17-15(20)10-13-4-6-14(7-5-13)19-9-3-8-18-19;/h3-9,12,16H,10-11H2,1-2H3,(H,17,20);1H. The van der Waals surface area contributed by atoms with Gasteiger partial charge in [-0.1, -0.05) is 12.1 Å². The van der Waals surface area contributed by atoms with Crippen molar-refractivity contribution in [2.24, 2.45) is 0 Å². The van der Waals surface area contributed by atoms with Gasteiger partial charge in [0.2, 0.25) is 5.91 Å². The smallest absolute Gasteiger partial charge is 0.224 e. The Kier molecular flexibility index (Phi) is 6.91. The third-order valence-electron chi connectivity index (χ3n) is 3.17. The molecule has 0 spiro atoms. The van der Waals surface area contributed by atoms with Crippen LogP contribution in [0.4, 0.5) is 0 Å². The van der Waals surface area contributed by atoms with E-state index < -0.39 is 0 Å². The Bertz CT molecular complexity index is 539. The Morgan fingerprint density at radius 3 is 2.62 bits per heavy atom. The van der Waals surface area contributed by atoms with E-state index in [9.17, 15) is 4.79 Å². The molecular formula is C15H21ClN4O. The Morgan fingerprint density at radius 1 is 1.33 bits per heavy atom. The Balaban J connectivity index is 0.00000220. The van der Waals surface area contributed by atoms with E-state index in [1.165, 1.54) is 0 Å². The number of rotatable bonds is 6. The highest BCUT2D eigenvalue weighted by molar-refractivity contribution is 5.85. The maximum Gasteiger partial charge on any atom is 0.224 e. The molecule has 0 aliphatic heterocycles. The van der Waals surface area contributed by atoms with Crippen molar-refractivity contribution in [2.75, 3.05) is 13.6 Å². The molecular weight excluding hydrogens is 288 g/mol. The lowest BCUT2D eigenvalue weighted by molar-refractivity contribution is -0.120. The molecule has 0 saturated carbocycles. The molecule has 114 valence electrons. The van der Waals surface area contributed by atoms with Crippen LogP contribution in [0.25, 0.3) is 5.69 Å². The fourth-order valence-corrected chi connectivity index (χ4v) is 1.80. The number of carbonyl (C=O) groups is 1. The molecule has 21 heavy (non-hydrogen) atoms. The molecule has 2 rings (SSSR count). The van der Waals surface area contributed by atoms with E-state index in [-0.39, 0.29) is 24.4 Å². The summed E-state index contributed by atoms with van der Waals surface area (Å²) in [6.07, 6.45) is 4.03. The lowest BCUT2D eigenvalue weighted by Crippen LogP contribution is -2.37. The van der Waals surface area contributed by atoms with E-state index in [4.69, 9.17) is 0 Å². The van der Waals surface area contributed by atoms with Gasteiger partial charge in [0, 0.05) is 25.0 Å². The molecule has 2 aromatic rings. The van der Waals surface area contributed by atoms with Gasteiger partial charge in [0.1, 0.15) is 0 Å². The molecule has 0 fully saturated rings. The van der Waals surface area contributed by atoms with Crippen LogP contribution in [0.2, 0.25) is 0 Å². The molecule has 0 aliphatic carbocycles. The summed E-state index contributed by atoms with van der Waals surface area (Å²) in [4.78, 5) is 11.8. The van der Waals surface area contributed by atoms with E-state index in [1.54, 1.807) is 10.9 Å².